The van der Waals surface area contributed by atoms with Gasteiger partial charge in [-0.3, -0.25) is 4.90 Å². The summed E-state index contributed by atoms with van der Waals surface area (Å²) in [5, 5.41) is 2.75. The van der Waals surface area contributed by atoms with Crippen molar-refractivity contribution in [3.05, 3.63) is 41.4 Å². The lowest BCUT2D eigenvalue weighted by Crippen LogP contribution is -2.37. The van der Waals surface area contributed by atoms with Crippen molar-refractivity contribution >= 4 is 11.3 Å². The Labute approximate surface area is 129 Å². The first-order valence-corrected chi connectivity index (χ1v) is 8.13. The molecule has 1 aromatic heterocycles. The van der Waals surface area contributed by atoms with E-state index in [0.717, 1.165) is 43.4 Å². The highest BCUT2D eigenvalue weighted by Gasteiger charge is 2.21. The number of methoxy groups -OCH3 is 1. The van der Waals surface area contributed by atoms with Gasteiger partial charge in [-0.15, -0.1) is 0 Å². The summed E-state index contributed by atoms with van der Waals surface area (Å²) in [5.41, 5.74) is 1.33. The maximum atomic E-state index is 5.89. The molecule has 1 aliphatic heterocycles. The van der Waals surface area contributed by atoms with Crippen molar-refractivity contribution in [2.24, 2.45) is 0 Å². The molecule has 0 aliphatic carbocycles. The lowest BCUT2D eigenvalue weighted by Gasteiger charge is -2.31. The Morgan fingerprint density at radius 1 is 1.24 bits per heavy atom. The largest absolute Gasteiger partial charge is 0.497 e. The van der Waals surface area contributed by atoms with E-state index in [0.29, 0.717) is 6.10 Å². The summed E-state index contributed by atoms with van der Waals surface area (Å²) in [5.74, 6) is 0.911. The van der Waals surface area contributed by atoms with Crippen LogP contribution >= 0.6 is 11.3 Å². The van der Waals surface area contributed by atoms with Crippen molar-refractivity contribution in [1.29, 1.82) is 0 Å². The number of benzene rings is 1. The van der Waals surface area contributed by atoms with E-state index in [-0.39, 0.29) is 0 Å². The minimum absolute atomic E-state index is 0.309. The molecule has 1 fully saturated rings. The molecule has 21 heavy (non-hydrogen) atoms. The first-order valence-electron chi connectivity index (χ1n) is 7.25. The molecule has 112 valence electrons. The SMILES string of the molecule is COc1ccc(CN2CCC(Oc3nccs3)CC2)cc1. The topological polar surface area (TPSA) is 34.6 Å². The number of likely N-dealkylation sites (tertiary alicyclic amines) is 1. The Kier molecular flexibility index (Phi) is 4.72. The molecule has 0 bridgehead atoms. The quantitative estimate of drug-likeness (QED) is 0.849. The van der Waals surface area contributed by atoms with E-state index in [2.05, 4.69) is 22.0 Å². The van der Waals surface area contributed by atoms with E-state index in [1.807, 2.05) is 17.5 Å². The zero-order chi connectivity index (χ0) is 14.5. The van der Waals surface area contributed by atoms with Crippen molar-refractivity contribution in [2.45, 2.75) is 25.5 Å². The van der Waals surface area contributed by atoms with Crippen LogP contribution < -0.4 is 9.47 Å². The molecule has 0 radical (unpaired) electrons. The van der Waals surface area contributed by atoms with Gasteiger partial charge in [0.05, 0.1) is 7.11 Å². The van der Waals surface area contributed by atoms with Gasteiger partial charge in [0, 0.05) is 31.2 Å². The Bertz CT molecular complexity index is 534. The summed E-state index contributed by atoms with van der Waals surface area (Å²) in [7, 11) is 1.70. The number of aromatic nitrogens is 1. The number of piperidine rings is 1. The molecule has 0 spiro atoms. The van der Waals surface area contributed by atoms with Gasteiger partial charge in [0.15, 0.2) is 0 Å². The molecule has 1 aromatic carbocycles. The molecule has 0 unspecified atom stereocenters. The van der Waals surface area contributed by atoms with Crippen LogP contribution in [0.5, 0.6) is 10.9 Å². The highest BCUT2D eigenvalue weighted by atomic mass is 32.1. The normalized spacial score (nSPS) is 16.8. The minimum atomic E-state index is 0.309. The lowest BCUT2D eigenvalue weighted by atomic mass is 10.1. The van der Waals surface area contributed by atoms with E-state index in [4.69, 9.17) is 9.47 Å². The third-order valence-corrected chi connectivity index (χ3v) is 4.44. The van der Waals surface area contributed by atoms with Gasteiger partial charge >= 0.3 is 0 Å². The monoisotopic (exact) mass is 304 g/mol. The summed E-state index contributed by atoms with van der Waals surface area (Å²) in [6, 6.07) is 8.31. The van der Waals surface area contributed by atoms with Crippen LogP contribution in [0.25, 0.3) is 0 Å². The van der Waals surface area contributed by atoms with Gasteiger partial charge in [-0.25, -0.2) is 4.98 Å². The fraction of sp³-hybridized carbons (Fsp3) is 0.438. The maximum absolute atomic E-state index is 5.89. The third kappa shape index (κ3) is 3.95. The minimum Gasteiger partial charge on any atom is -0.497 e. The van der Waals surface area contributed by atoms with Gasteiger partial charge in [-0.2, -0.15) is 0 Å². The van der Waals surface area contributed by atoms with Crippen LogP contribution in [0.3, 0.4) is 0 Å². The Hall–Kier alpha value is -1.59. The second-order valence-electron chi connectivity index (χ2n) is 5.24. The highest BCUT2D eigenvalue weighted by molar-refractivity contribution is 7.11. The summed E-state index contributed by atoms with van der Waals surface area (Å²) in [4.78, 5) is 6.66. The van der Waals surface area contributed by atoms with E-state index in [1.165, 1.54) is 5.56 Å². The maximum Gasteiger partial charge on any atom is 0.273 e. The average Bonchev–Trinajstić information content (AvgIpc) is 3.03. The molecular formula is C16H20N2O2S. The van der Waals surface area contributed by atoms with Crippen LogP contribution in [0.2, 0.25) is 0 Å². The van der Waals surface area contributed by atoms with E-state index >= 15 is 0 Å². The second-order valence-corrected chi connectivity index (χ2v) is 6.10. The van der Waals surface area contributed by atoms with Crippen LogP contribution in [0, 0.1) is 0 Å². The zero-order valence-electron chi connectivity index (χ0n) is 12.2. The number of rotatable bonds is 5. The summed E-state index contributed by atoms with van der Waals surface area (Å²) >= 11 is 1.56. The Morgan fingerprint density at radius 2 is 2.00 bits per heavy atom. The van der Waals surface area contributed by atoms with E-state index in [1.54, 1.807) is 24.6 Å². The average molecular weight is 304 g/mol. The van der Waals surface area contributed by atoms with Gasteiger partial charge in [0.1, 0.15) is 11.9 Å². The van der Waals surface area contributed by atoms with Crippen LogP contribution in [0.15, 0.2) is 35.8 Å². The lowest BCUT2D eigenvalue weighted by molar-refractivity contribution is 0.0965. The first kappa shape index (κ1) is 14.4. The van der Waals surface area contributed by atoms with Crippen molar-refractivity contribution in [3.8, 4) is 10.9 Å². The number of hydrogen-bond donors (Lipinski definition) is 0. The third-order valence-electron chi connectivity index (χ3n) is 3.78. The van der Waals surface area contributed by atoms with Crippen molar-refractivity contribution in [1.82, 2.24) is 9.88 Å². The Balaban J connectivity index is 1.46. The van der Waals surface area contributed by atoms with Gasteiger partial charge < -0.3 is 9.47 Å². The predicted octanol–water partition coefficient (Wildman–Crippen LogP) is 3.20. The second kappa shape index (κ2) is 6.91. The number of hydrogen-bond acceptors (Lipinski definition) is 5. The first-order chi connectivity index (χ1) is 10.3. The molecule has 0 amide bonds. The molecule has 4 nitrogen and oxygen atoms in total. The molecule has 2 heterocycles. The standard InChI is InChI=1S/C16H20N2O2S/c1-19-14-4-2-13(3-5-14)12-18-9-6-15(7-10-18)20-16-17-8-11-21-16/h2-5,8,11,15H,6-7,9-10,12H2,1H3. The van der Waals surface area contributed by atoms with Crippen LogP contribution in [0.1, 0.15) is 18.4 Å². The van der Waals surface area contributed by atoms with Gasteiger partial charge in [0.2, 0.25) is 0 Å². The Morgan fingerprint density at radius 3 is 2.62 bits per heavy atom. The van der Waals surface area contributed by atoms with E-state index in [9.17, 15) is 0 Å². The fourth-order valence-electron chi connectivity index (χ4n) is 2.59. The summed E-state index contributed by atoms with van der Waals surface area (Å²) < 4.78 is 11.1. The molecule has 0 saturated carbocycles. The number of nitrogens with zero attached hydrogens (tertiary/aromatic N) is 2. The molecule has 1 aliphatic rings. The molecule has 5 heteroatoms. The van der Waals surface area contributed by atoms with E-state index < -0.39 is 0 Å². The van der Waals surface area contributed by atoms with Crippen LogP contribution in [0.4, 0.5) is 0 Å². The van der Waals surface area contributed by atoms with Crippen molar-refractivity contribution < 1.29 is 9.47 Å². The smallest absolute Gasteiger partial charge is 0.273 e. The molecule has 0 N–H and O–H groups in total. The van der Waals surface area contributed by atoms with Crippen molar-refractivity contribution in [2.75, 3.05) is 20.2 Å². The van der Waals surface area contributed by atoms with Gasteiger partial charge in [-0.1, -0.05) is 23.5 Å². The van der Waals surface area contributed by atoms with Crippen LogP contribution in [-0.2, 0) is 6.54 Å². The summed E-state index contributed by atoms with van der Waals surface area (Å²) in [6.45, 7) is 3.14. The molecule has 0 atom stereocenters. The highest BCUT2D eigenvalue weighted by Crippen LogP contribution is 2.22. The molecule has 1 saturated heterocycles. The summed E-state index contributed by atoms with van der Waals surface area (Å²) in [6.07, 6.45) is 4.23. The molecule has 2 aromatic rings. The zero-order valence-corrected chi connectivity index (χ0v) is 13.0. The van der Waals surface area contributed by atoms with Gasteiger partial charge in [-0.05, 0) is 30.5 Å². The predicted molar refractivity (Wildman–Crippen MR) is 84.0 cm³/mol. The van der Waals surface area contributed by atoms with Crippen molar-refractivity contribution in [3.63, 3.8) is 0 Å². The van der Waals surface area contributed by atoms with Crippen LogP contribution in [-0.4, -0.2) is 36.2 Å². The molecule has 3 rings (SSSR count). The molecular weight excluding hydrogens is 284 g/mol. The number of ether oxygens (including phenoxy) is 2. The number of thiazole rings is 1. The van der Waals surface area contributed by atoms with Gasteiger partial charge in [0.25, 0.3) is 5.19 Å². The fourth-order valence-corrected chi connectivity index (χ4v) is 3.14.